The summed E-state index contributed by atoms with van der Waals surface area (Å²) in [4.78, 5) is 22.5. The lowest BCUT2D eigenvalue weighted by molar-refractivity contribution is -0.126. The average molecular weight is 230 g/mol. The van der Waals surface area contributed by atoms with Crippen LogP contribution in [0.1, 0.15) is 26.7 Å². The predicted octanol–water partition coefficient (Wildman–Crippen LogP) is 0.301. The zero-order chi connectivity index (χ0) is 12.4. The van der Waals surface area contributed by atoms with E-state index >= 15 is 0 Å². The van der Waals surface area contributed by atoms with Crippen LogP contribution in [0, 0.1) is 5.92 Å². The van der Waals surface area contributed by atoms with Crippen LogP contribution in [0.15, 0.2) is 0 Å². The minimum Gasteiger partial charge on any atom is -0.375 e. The highest BCUT2D eigenvalue weighted by Crippen LogP contribution is 2.06. The van der Waals surface area contributed by atoms with Gasteiger partial charge in [-0.3, -0.25) is 9.59 Å². The molecule has 2 amide bonds. The van der Waals surface area contributed by atoms with Gasteiger partial charge in [-0.25, -0.2) is 0 Å². The molecule has 0 unspecified atom stereocenters. The Morgan fingerprint density at radius 1 is 1.12 bits per heavy atom. The van der Waals surface area contributed by atoms with Gasteiger partial charge in [0.25, 0.3) is 0 Å². The van der Waals surface area contributed by atoms with Gasteiger partial charge >= 0.3 is 0 Å². The maximum atomic E-state index is 11.5. The molecule has 0 spiro atoms. The van der Waals surface area contributed by atoms with Crippen molar-refractivity contribution in [3.8, 4) is 0 Å². The number of hydrogen-bond donors (Lipinski definition) is 2. The van der Waals surface area contributed by atoms with Gasteiger partial charge in [0.2, 0.25) is 11.8 Å². The molecule has 0 radical (unpaired) electrons. The number of amides is 2. The van der Waals surface area contributed by atoms with Crippen LogP contribution in [-0.2, 0) is 14.3 Å². The lowest BCUT2D eigenvalue weighted by Gasteiger charge is -2.12. The van der Waals surface area contributed by atoms with Crippen molar-refractivity contribution >= 4 is 11.8 Å². The summed E-state index contributed by atoms with van der Waals surface area (Å²) in [6.07, 6.45) is 1.69. The quantitative estimate of drug-likeness (QED) is 0.589. The monoisotopic (exact) mass is 230 g/mol. The first-order valence-corrected chi connectivity index (χ1v) is 5.69. The molecule has 0 aliphatic rings. The van der Waals surface area contributed by atoms with Crippen molar-refractivity contribution in [2.24, 2.45) is 5.92 Å². The van der Waals surface area contributed by atoms with E-state index in [0.717, 1.165) is 12.8 Å². The van der Waals surface area contributed by atoms with Gasteiger partial charge in [0.15, 0.2) is 0 Å². The highest BCUT2D eigenvalue weighted by Gasteiger charge is 2.12. The number of nitrogens with one attached hydrogen (secondary N) is 2. The summed E-state index contributed by atoms with van der Waals surface area (Å²) in [5.41, 5.74) is 0. The molecule has 0 aliphatic carbocycles. The van der Waals surface area contributed by atoms with Gasteiger partial charge in [-0.05, 0) is 12.8 Å². The molecule has 0 aromatic carbocycles. The molecule has 0 aromatic rings. The van der Waals surface area contributed by atoms with Gasteiger partial charge in [-0.15, -0.1) is 0 Å². The van der Waals surface area contributed by atoms with Crippen molar-refractivity contribution in [2.75, 3.05) is 26.8 Å². The zero-order valence-corrected chi connectivity index (χ0v) is 10.3. The predicted molar refractivity (Wildman–Crippen MR) is 62.0 cm³/mol. The molecule has 2 N–H and O–H groups in total. The Bertz CT molecular complexity index is 215. The molecule has 0 aromatic heterocycles. The maximum absolute atomic E-state index is 11.5. The lowest BCUT2D eigenvalue weighted by Crippen LogP contribution is -2.38. The molecule has 16 heavy (non-hydrogen) atoms. The highest BCUT2D eigenvalue weighted by molar-refractivity contribution is 5.79. The number of carbonyl (C=O) groups is 2. The van der Waals surface area contributed by atoms with Crippen LogP contribution in [0.3, 0.4) is 0 Å². The molecule has 0 rings (SSSR count). The Morgan fingerprint density at radius 2 is 1.69 bits per heavy atom. The average Bonchev–Trinajstić information content (AvgIpc) is 2.26. The van der Waals surface area contributed by atoms with Crippen molar-refractivity contribution in [3.63, 3.8) is 0 Å². The number of ether oxygens (including phenoxy) is 1. The van der Waals surface area contributed by atoms with Crippen molar-refractivity contribution < 1.29 is 14.3 Å². The summed E-state index contributed by atoms with van der Waals surface area (Å²) in [7, 11) is 1.47. The van der Waals surface area contributed by atoms with Crippen molar-refractivity contribution in [2.45, 2.75) is 26.7 Å². The first-order chi connectivity index (χ1) is 7.65. The van der Waals surface area contributed by atoms with E-state index in [0.29, 0.717) is 13.1 Å². The first kappa shape index (κ1) is 14.9. The van der Waals surface area contributed by atoms with Gasteiger partial charge in [-0.2, -0.15) is 0 Å². The Kier molecular flexibility index (Phi) is 8.52. The Hall–Kier alpha value is -1.10. The largest absolute Gasteiger partial charge is 0.375 e. The van der Waals surface area contributed by atoms with Gasteiger partial charge in [-0.1, -0.05) is 13.8 Å². The molecule has 0 fully saturated rings. The summed E-state index contributed by atoms with van der Waals surface area (Å²) < 4.78 is 4.66. The summed E-state index contributed by atoms with van der Waals surface area (Å²) in [5, 5.41) is 5.42. The topological polar surface area (TPSA) is 67.4 Å². The number of methoxy groups -OCH3 is 1. The number of carbonyl (C=O) groups excluding carboxylic acids is 2. The van der Waals surface area contributed by atoms with Crippen LogP contribution < -0.4 is 10.6 Å². The van der Waals surface area contributed by atoms with Crippen LogP contribution in [0.25, 0.3) is 0 Å². The van der Waals surface area contributed by atoms with Gasteiger partial charge in [0, 0.05) is 26.1 Å². The van der Waals surface area contributed by atoms with Gasteiger partial charge in [0.1, 0.15) is 6.61 Å². The zero-order valence-electron chi connectivity index (χ0n) is 10.3. The second-order valence-corrected chi connectivity index (χ2v) is 3.59. The van der Waals surface area contributed by atoms with E-state index in [9.17, 15) is 9.59 Å². The molecule has 94 valence electrons. The molecule has 0 heterocycles. The molecule has 0 saturated heterocycles. The Balaban J connectivity index is 3.58. The minimum absolute atomic E-state index is 0.0560. The summed E-state index contributed by atoms with van der Waals surface area (Å²) in [6, 6.07) is 0. The van der Waals surface area contributed by atoms with E-state index in [-0.39, 0.29) is 24.3 Å². The third-order valence-corrected chi connectivity index (χ3v) is 2.38. The molecular formula is C11H22N2O3. The van der Waals surface area contributed by atoms with E-state index in [1.165, 1.54) is 7.11 Å². The second kappa shape index (κ2) is 9.15. The minimum atomic E-state index is -0.167. The van der Waals surface area contributed by atoms with Crippen LogP contribution in [-0.4, -0.2) is 38.6 Å². The van der Waals surface area contributed by atoms with E-state index in [2.05, 4.69) is 15.4 Å². The van der Waals surface area contributed by atoms with Crippen molar-refractivity contribution in [1.82, 2.24) is 10.6 Å². The molecular weight excluding hydrogens is 208 g/mol. The Morgan fingerprint density at radius 3 is 2.19 bits per heavy atom. The van der Waals surface area contributed by atoms with Crippen LogP contribution >= 0.6 is 0 Å². The molecule has 0 aliphatic heterocycles. The summed E-state index contributed by atoms with van der Waals surface area (Å²) in [5.74, 6) is -0.0278. The van der Waals surface area contributed by atoms with Gasteiger partial charge in [0.05, 0.1) is 0 Å². The molecule has 5 nitrogen and oxygen atoms in total. The number of hydrogen-bond acceptors (Lipinski definition) is 3. The fraction of sp³-hybridized carbons (Fsp3) is 0.818. The Labute approximate surface area is 96.9 Å². The fourth-order valence-electron chi connectivity index (χ4n) is 1.37. The number of rotatable bonds is 8. The lowest BCUT2D eigenvalue weighted by atomic mass is 10.0. The van der Waals surface area contributed by atoms with E-state index in [4.69, 9.17) is 0 Å². The van der Waals surface area contributed by atoms with Crippen LogP contribution in [0.4, 0.5) is 0 Å². The molecule has 0 bridgehead atoms. The third kappa shape index (κ3) is 6.40. The first-order valence-electron chi connectivity index (χ1n) is 5.69. The van der Waals surface area contributed by atoms with Crippen LogP contribution in [0.2, 0.25) is 0 Å². The van der Waals surface area contributed by atoms with Gasteiger partial charge < -0.3 is 15.4 Å². The summed E-state index contributed by atoms with van der Waals surface area (Å²) in [6.45, 7) is 4.95. The normalized spacial score (nSPS) is 10.2. The molecule has 0 saturated carbocycles. The van der Waals surface area contributed by atoms with E-state index in [1.807, 2.05) is 13.8 Å². The van der Waals surface area contributed by atoms with Crippen LogP contribution in [0.5, 0.6) is 0 Å². The molecule has 5 heteroatoms. The second-order valence-electron chi connectivity index (χ2n) is 3.59. The third-order valence-electron chi connectivity index (χ3n) is 2.38. The van der Waals surface area contributed by atoms with Crippen molar-refractivity contribution in [1.29, 1.82) is 0 Å². The fourth-order valence-corrected chi connectivity index (χ4v) is 1.37. The highest BCUT2D eigenvalue weighted by atomic mass is 16.5. The molecule has 0 atom stereocenters. The smallest absolute Gasteiger partial charge is 0.246 e. The summed E-state index contributed by atoms with van der Waals surface area (Å²) >= 11 is 0. The van der Waals surface area contributed by atoms with E-state index < -0.39 is 0 Å². The van der Waals surface area contributed by atoms with E-state index in [1.54, 1.807) is 0 Å². The maximum Gasteiger partial charge on any atom is 0.246 e. The van der Waals surface area contributed by atoms with Crippen molar-refractivity contribution in [3.05, 3.63) is 0 Å². The standard InChI is InChI=1S/C11H22N2O3/c1-4-9(5-2)11(15)13-7-6-12-10(14)8-16-3/h9H,4-8H2,1-3H3,(H,12,14)(H,13,15). The SMILES string of the molecule is CCC(CC)C(=O)NCCNC(=O)COC.